The van der Waals surface area contributed by atoms with Crippen LogP contribution >= 0.6 is 0 Å². The van der Waals surface area contributed by atoms with Gasteiger partial charge < -0.3 is 5.32 Å². The minimum atomic E-state index is 0.747. The zero-order chi connectivity index (χ0) is 13.0. The maximum Gasteiger partial charge on any atom is 0.150 e. The number of aldehydes is 1. The molecule has 0 aliphatic heterocycles. The van der Waals surface area contributed by atoms with Crippen LogP contribution in [-0.4, -0.2) is 6.29 Å². The van der Waals surface area contributed by atoms with E-state index in [1.165, 1.54) is 11.1 Å². The van der Waals surface area contributed by atoms with E-state index in [1.807, 2.05) is 37.3 Å². The highest BCUT2D eigenvalue weighted by molar-refractivity contribution is 5.78. The van der Waals surface area contributed by atoms with Crippen LogP contribution < -0.4 is 5.32 Å². The minimum absolute atomic E-state index is 0.747. The van der Waals surface area contributed by atoms with E-state index >= 15 is 0 Å². The minimum Gasteiger partial charge on any atom is -0.381 e. The van der Waals surface area contributed by atoms with E-state index in [4.69, 9.17) is 0 Å². The Balaban J connectivity index is 2.09. The van der Waals surface area contributed by atoms with Gasteiger partial charge in [-0.2, -0.15) is 0 Å². The summed E-state index contributed by atoms with van der Waals surface area (Å²) in [5.41, 5.74) is 5.36. The number of hydrogen-bond donors (Lipinski definition) is 1. The maximum absolute atomic E-state index is 10.7. The zero-order valence-electron chi connectivity index (χ0n) is 10.7. The van der Waals surface area contributed by atoms with Crippen LogP contribution in [0.25, 0.3) is 0 Å². The quantitative estimate of drug-likeness (QED) is 0.824. The van der Waals surface area contributed by atoms with Gasteiger partial charge in [0.1, 0.15) is 6.29 Å². The third-order valence-electron chi connectivity index (χ3n) is 3.14. The molecule has 0 radical (unpaired) electrons. The highest BCUT2D eigenvalue weighted by atomic mass is 16.1. The van der Waals surface area contributed by atoms with Crippen LogP contribution in [0.4, 0.5) is 5.69 Å². The summed E-state index contributed by atoms with van der Waals surface area (Å²) in [6.07, 6.45) is 0.889. The SMILES string of the molecule is Cc1cc(NCc2ccccc2C)ccc1C=O. The summed E-state index contributed by atoms with van der Waals surface area (Å²) in [6, 6.07) is 14.1. The first kappa shape index (κ1) is 12.4. The Hall–Kier alpha value is -2.09. The Labute approximate surface area is 108 Å². The van der Waals surface area contributed by atoms with Gasteiger partial charge in [0, 0.05) is 17.8 Å². The van der Waals surface area contributed by atoms with Crippen molar-refractivity contribution in [3.05, 3.63) is 64.7 Å². The van der Waals surface area contributed by atoms with Crippen LogP contribution in [0.15, 0.2) is 42.5 Å². The number of carbonyl (C=O) groups excluding carboxylic acids is 1. The summed E-state index contributed by atoms with van der Waals surface area (Å²) in [4.78, 5) is 10.7. The molecule has 0 bridgehead atoms. The topological polar surface area (TPSA) is 29.1 Å². The number of nitrogens with one attached hydrogen (secondary N) is 1. The molecule has 2 nitrogen and oxygen atoms in total. The predicted octanol–water partition coefficient (Wildman–Crippen LogP) is 3.73. The first-order valence-electron chi connectivity index (χ1n) is 6.05. The van der Waals surface area contributed by atoms with Crippen LogP contribution in [0, 0.1) is 13.8 Å². The lowest BCUT2D eigenvalue weighted by Crippen LogP contribution is -2.01. The lowest BCUT2D eigenvalue weighted by molar-refractivity contribution is 0.112. The first-order chi connectivity index (χ1) is 8.70. The molecule has 0 saturated heterocycles. The Morgan fingerprint density at radius 3 is 2.50 bits per heavy atom. The molecule has 0 aromatic heterocycles. The number of carbonyl (C=O) groups is 1. The fraction of sp³-hybridized carbons (Fsp3) is 0.188. The average molecular weight is 239 g/mol. The van der Waals surface area contributed by atoms with Crippen LogP contribution in [0.2, 0.25) is 0 Å². The molecule has 0 aliphatic carbocycles. The second-order valence-electron chi connectivity index (χ2n) is 4.47. The molecule has 18 heavy (non-hydrogen) atoms. The lowest BCUT2D eigenvalue weighted by atomic mass is 10.1. The molecular weight excluding hydrogens is 222 g/mol. The number of hydrogen-bond acceptors (Lipinski definition) is 2. The Morgan fingerprint density at radius 1 is 1.06 bits per heavy atom. The molecule has 0 heterocycles. The van der Waals surface area contributed by atoms with Gasteiger partial charge in [-0.25, -0.2) is 0 Å². The molecule has 1 N–H and O–H groups in total. The standard InChI is InChI=1S/C16H17NO/c1-12-5-3-4-6-14(12)10-17-16-8-7-15(11-18)13(2)9-16/h3-9,11,17H,10H2,1-2H3. The third kappa shape index (κ3) is 2.77. The summed E-state index contributed by atoms with van der Waals surface area (Å²) in [5.74, 6) is 0. The van der Waals surface area contributed by atoms with E-state index in [2.05, 4.69) is 24.4 Å². The van der Waals surface area contributed by atoms with Gasteiger partial charge in [-0.15, -0.1) is 0 Å². The fourth-order valence-corrected chi connectivity index (χ4v) is 1.92. The van der Waals surface area contributed by atoms with Gasteiger partial charge in [0.25, 0.3) is 0 Å². The number of anilines is 1. The second-order valence-corrected chi connectivity index (χ2v) is 4.47. The Kier molecular flexibility index (Phi) is 3.78. The molecule has 0 amide bonds. The van der Waals surface area contributed by atoms with Gasteiger partial charge in [-0.3, -0.25) is 4.79 Å². The molecule has 0 atom stereocenters. The molecular formula is C16H17NO. The lowest BCUT2D eigenvalue weighted by Gasteiger charge is -2.10. The van der Waals surface area contributed by atoms with Crippen molar-refractivity contribution in [2.45, 2.75) is 20.4 Å². The third-order valence-corrected chi connectivity index (χ3v) is 3.14. The van der Waals surface area contributed by atoms with E-state index < -0.39 is 0 Å². The van der Waals surface area contributed by atoms with Gasteiger partial charge in [-0.05, 0) is 48.7 Å². The number of benzene rings is 2. The van der Waals surface area contributed by atoms with Crippen LogP contribution in [0.3, 0.4) is 0 Å². The predicted molar refractivity (Wildman–Crippen MR) is 75.1 cm³/mol. The fourth-order valence-electron chi connectivity index (χ4n) is 1.92. The van der Waals surface area contributed by atoms with Crippen molar-refractivity contribution in [3.8, 4) is 0 Å². The van der Waals surface area contributed by atoms with E-state index in [0.717, 1.165) is 29.6 Å². The molecule has 92 valence electrons. The second kappa shape index (κ2) is 5.50. The summed E-state index contributed by atoms with van der Waals surface area (Å²) in [5, 5.41) is 3.38. The van der Waals surface area contributed by atoms with E-state index in [-0.39, 0.29) is 0 Å². The molecule has 2 rings (SSSR count). The van der Waals surface area contributed by atoms with Crippen molar-refractivity contribution < 1.29 is 4.79 Å². The van der Waals surface area contributed by atoms with Gasteiger partial charge in [-0.1, -0.05) is 24.3 Å². The van der Waals surface area contributed by atoms with Crippen molar-refractivity contribution in [1.82, 2.24) is 0 Å². The molecule has 2 heteroatoms. The molecule has 2 aromatic rings. The molecule has 0 spiro atoms. The normalized spacial score (nSPS) is 10.1. The Morgan fingerprint density at radius 2 is 1.83 bits per heavy atom. The summed E-state index contributed by atoms with van der Waals surface area (Å²) in [7, 11) is 0. The number of aryl methyl sites for hydroxylation is 2. The Bertz CT molecular complexity index is 561. The summed E-state index contributed by atoms with van der Waals surface area (Å²) >= 11 is 0. The maximum atomic E-state index is 10.7. The summed E-state index contributed by atoms with van der Waals surface area (Å²) < 4.78 is 0. The van der Waals surface area contributed by atoms with Crippen LogP contribution in [0.1, 0.15) is 27.0 Å². The van der Waals surface area contributed by atoms with E-state index in [1.54, 1.807) is 0 Å². The number of rotatable bonds is 4. The van der Waals surface area contributed by atoms with Crippen molar-refractivity contribution in [2.24, 2.45) is 0 Å². The van der Waals surface area contributed by atoms with Gasteiger partial charge in [0.15, 0.2) is 0 Å². The monoisotopic (exact) mass is 239 g/mol. The van der Waals surface area contributed by atoms with E-state index in [0.29, 0.717) is 0 Å². The molecule has 2 aromatic carbocycles. The van der Waals surface area contributed by atoms with Crippen LogP contribution in [0.5, 0.6) is 0 Å². The first-order valence-corrected chi connectivity index (χ1v) is 6.05. The molecule has 0 unspecified atom stereocenters. The smallest absolute Gasteiger partial charge is 0.150 e. The summed E-state index contributed by atoms with van der Waals surface area (Å²) in [6.45, 7) is 4.85. The highest BCUT2D eigenvalue weighted by Gasteiger charge is 2.00. The van der Waals surface area contributed by atoms with Gasteiger partial charge >= 0.3 is 0 Å². The van der Waals surface area contributed by atoms with Crippen molar-refractivity contribution in [2.75, 3.05) is 5.32 Å². The molecule has 0 aliphatic rings. The van der Waals surface area contributed by atoms with Crippen molar-refractivity contribution >= 4 is 12.0 Å². The molecule has 0 fully saturated rings. The zero-order valence-corrected chi connectivity index (χ0v) is 10.7. The van der Waals surface area contributed by atoms with Gasteiger partial charge in [0.2, 0.25) is 0 Å². The van der Waals surface area contributed by atoms with Crippen molar-refractivity contribution in [1.29, 1.82) is 0 Å². The van der Waals surface area contributed by atoms with Crippen molar-refractivity contribution in [3.63, 3.8) is 0 Å². The molecule has 0 saturated carbocycles. The van der Waals surface area contributed by atoms with E-state index in [9.17, 15) is 4.79 Å². The van der Waals surface area contributed by atoms with Gasteiger partial charge in [0.05, 0.1) is 0 Å². The van der Waals surface area contributed by atoms with Crippen LogP contribution in [-0.2, 0) is 6.54 Å². The average Bonchev–Trinajstić information content (AvgIpc) is 2.38. The highest BCUT2D eigenvalue weighted by Crippen LogP contribution is 2.15. The largest absolute Gasteiger partial charge is 0.381 e.